The van der Waals surface area contributed by atoms with Crippen molar-refractivity contribution in [3.8, 4) is 0 Å². The van der Waals surface area contributed by atoms with Crippen LogP contribution in [0, 0.1) is 6.92 Å². The Morgan fingerprint density at radius 2 is 2.21 bits per heavy atom. The smallest absolute Gasteiger partial charge is 0.263 e. The van der Waals surface area contributed by atoms with Crippen molar-refractivity contribution in [2.45, 2.75) is 69.0 Å². The molecular formula is C20H23N3O3S2. The lowest BCUT2D eigenvalue weighted by Crippen LogP contribution is -2.29. The molecule has 6 nitrogen and oxygen atoms in total. The van der Waals surface area contributed by atoms with Crippen LogP contribution in [0.3, 0.4) is 0 Å². The lowest BCUT2D eigenvalue weighted by molar-refractivity contribution is 0.0937. The van der Waals surface area contributed by atoms with Crippen LogP contribution in [0.4, 0.5) is 0 Å². The quantitative estimate of drug-likeness (QED) is 0.460. The Balaban J connectivity index is 1.56. The summed E-state index contributed by atoms with van der Waals surface area (Å²) in [6.07, 6.45) is 6.58. The summed E-state index contributed by atoms with van der Waals surface area (Å²) in [5.41, 5.74) is 2.20. The summed E-state index contributed by atoms with van der Waals surface area (Å²) in [6.45, 7) is 3.26. The average molecular weight is 418 g/mol. The van der Waals surface area contributed by atoms with Crippen LogP contribution in [-0.4, -0.2) is 27.4 Å². The van der Waals surface area contributed by atoms with E-state index in [2.05, 4.69) is 5.16 Å². The Labute approximate surface area is 171 Å². The van der Waals surface area contributed by atoms with Crippen molar-refractivity contribution in [2.75, 3.05) is 6.61 Å². The van der Waals surface area contributed by atoms with Crippen molar-refractivity contribution in [3.05, 3.63) is 38.3 Å². The summed E-state index contributed by atoms with van der Waals surface area (Å²) in [4.78, 5) is 20.7. The largest absolute Gasteiger partial charge is 0.376 e. The van der Waals surface area contributed by atoms with Crippen LogP contribution < -0.4 is 5.56 Å². The minimum Gasteiger partial charge on any atom is -0.376 e. The third-order valence-electron chi connectivity index (χ3n) is 5.47. The Morgan fingerprint density at radius 1 is 1.32 bits per heavy atom. The molecule has 8 heteroatoms. The van der Waals surface area contributed by atoms with E-state index >= 15 is 0 Å². The summed E-state index contributed by atoms with van der Waals surface area (Å²) in [6, 6.07) is 1.93. The fourth-order valence-electron chi connectivity index (χ4n) is 4.10. The van der Waals surface area contributed by atoms with Crippen LogP contribution in [0.2, 0.25) is 0 Å². The Kier molecular flexibility index (Phi) is 5.02. The van der Waals surface area contributed by atoms with Crippen LogP contribution in [0.25, 0.3) is 10.2 Å². The van der Waals surface area contributed by atoms with E-state index in [4.69, 9.17) is 14.2 Å². The Hall–Kier alpha value is -1.64. The van der Waals surface area contributed by atoms with Gasteiger partial charge in [0.2, 0.25) is 0 Å². The van der Waals surface area contributed by atoms with Gasteiger partial charge in [0.05, 0.1) is 29.5 Å². The van der Waals surface area contributed by atoms with Crippen LogP contribution in [0.5, 0.6) is 0 Å². The van der Waals surface area contributed by atoms with Crippen molar-refractivity contribution in [2.24, 2.45) is 0 Å². The first-order valence-electron chi connectivity index (χ1n) is 9.91. The molecule has 2 aliphatic rings. The lowest BCUT2D eigenvalue weighted by atomic mass is 9.97. The predicted octanol–water partition coefficient (Wildman–Crippen LogP) is 4.10. The van der Waals surface area contributed by atoms with Gasteiger partial charge in [-0.15, -0.1) is 11.3 Å². The number of fused-ring (bicyclic) bond motifs is 3. The number of thioether (sulfide) groups is 1. The SMILES string of the molecule is Cc1cc(CSc2nc3sc4c(c3c(=O)n2C[C@H]2CCCO2)CCCC4)on1. The number of nitrogens with zero attached hydrogens (tertiary/aromatic N) is 3. The number of rotatable bonds is 5. The molecule has 1 saturated heterocycles. The van der Waals surface area contributed by atoms with Gasteiger partial charge in [0.1, 0.15) is 10.6 Å². The number of ether oxygens (including phenoxy) is 1. The third-order valence-corrected chi connectivity index (χ3v) is 7.65. The highest BCUT2D eigenvalue weighted by atomic mass is 32.2. The molecule has 1 fully saturated rings. The number of aryl methyl sites for hydroxylation is 3. The lowest BCUT2D eigenvalue weighted by Gasteiger charge is -2.16. The molecule has 0 radical (unpaired) electrons. The minimum absolute atomic E-state index is 0.0937. The molecule has 0 N–H and O–H groups in total. The van der Waals surface area contributed by atoms with Gasteiger partial charge in [-0.2, -0.15) is 0 Å². The third kappa shape index (κ3) is 3.42. The van der Waals surface area contributed by atoms with Gasteiger partial charge in [-0.3, -0.25) is 9.36 Å². The number of hydrogen-bond donors (Lipinski definition) is 0. The van der Waals surface area contributed by atoms with Crippen LogP contribution in [0.15, 0.2) is 20.5 Å². The number of aromatic nitrogens is 3. The predicted molar refractivity (Wildman–Crippen MR) is 110 cm³/mol. The first-order chi connectivity index (χ1) is 13.7. The zero-order valence-electron chi connectivity index (χ0n) is 15.9. The Bertz CT molecular complexity index is 1060. The monoisotopic (exact) mass is 417 g/mol. The van der Waals surface area contributed by atoms with Gasteiger partial charge in [0.15, 0.2) is 5.16 Å². The maximum atomic E-state index is 13.5. The van der Waals surface area contributed by atoms with Crippen LogP contribution in [-0.2, 0) is 29.9 Å². The second-order valence-corrected chi connectivity index (χ2v) is 9.59. The molecule has 4 heterocycles. The fraction of sp³-hybridized carbons (Fsp3) is 0.550. The summed E-state index contributed by atoms with van der Waals surface area (Å²) in [5, 5.41) is 5.55. The molecule has 0 aromatic carbocycles. The van der Waals surface area contributed by atoms with Crippen molar-refractivity contribution >= 4 is 33.3 Å². The molecule has 1 aliphatic carbocycles. The van der Waals surface area contributed by atoms with Gasteiger partial charge in [-0.25, -0.2) is 4.98 Å². The van der Waals surface area contributed by atoms with Gasteiger partial charge in [0.25, 0.3) is 5.56 Å². The second-order valence-electron chi connectivity index (χ2n) is 7.56. The molecular weight excluding hydrogens is 394 g/mol. The maximum absolute atomic E-state index is 13.5. The zero-order valence-corrected chi connectivity index (χ0v) is 17.5. The molecule has 5 rings (SSSR count). The number of thiophene rings is 1. The van der Waals surface area contributed by atoms with Gasteiger partial charge in [0, 0.05) is 17.6 Å². The highest BCUT2D eigenvalue weighted by Gasteiger charge is 2.25. The van der Waals surface area contributed by atoms with Crippen molar-refractivity contribution in [3.63, 3.8) is 0 Å². The molecule has 3 aromatic heterocycles. The molecule has 0 bridgehead atoms. The highest BCUT2D eigenvalue weighted by Crippen LogP contribution is 2.35. The summed E-state index contributed by atoms with van der Waals surface area (Å²) in [7, 11) is 0. The van der Waals surface area contributed by atoms with Crippen molar-refractivity contribution in [1.29, 1.82) is 0 Å². The molecule has 0 spiro atoms. The first-order valence-corrected chi connectivity index (χ1v) is 11.7. The molecule has 0 unspecified atom stereocenters. The molecule has 0 saturated carbocycles. The molecule has 1 atom stereocenters. The molecule has 28 heavy (non-hydrogen) atoms. The fourth-order valence-corrected chi connectivity index (χ4v) is 6.29. The van der Waals surface area contributed by atoms with E-state index in [0.29, 0.717) is 12.3 Å². The Morgan fingerprint density at radius 3 is 3.00 bits per heavy atom. The van der Waals surface area contributed by atoms with Crippen LogP contribution >= 0.6 is 23.1 Å². The zero-order chi connectivity index (χ0) is 19.1. The molecule has 3 aromatic rings. The van der Waals surface area contributed by atoms with Gasteiger partial charge in [-0.05, 0) is 51.0 Å². The van der Waals surface area contributed by atoms with E-state index < -0.39 is 0 Å². The average Bonchev–Trinajstić information content (AvgIpc) is 3.42. The summed E-state index contributed by atoms with van der Waals surface area (Å²) >= 11 is 3.24. The van der Waals surface area contributed by atoms with Crippen LogP contribution in [0.1, 0.15) is 47.6 Å². The normalized spacial score (nSPS) is 19.4. The molecule has 0 amide bonds. The first kappa shape index (κ1) is 18.4. The maximum Gasteiger partial charge on any atom is 0.263 e. The van der Waals surface area contributed by atoms with E-state index in [1.807, 2.05) is 17.6 Å². The van der Waals surface area contributed by atoms with E-state index in [-0.39, 0.29) is 11.7 Å². The molecule has 148 valence electrons. The van der Waals surface area contributed by atoms with E-state index in [1.165, 1.54) is 16.9 Å². The van der Waals surface area contributed by atoms with Crippen molar-refractivity contribution in [1.82, 2.24) is 14.7 Å². The summed E-state index contributed by atoms with van der Waals surface area (Å²) < 4.78 is 13.0. The van der Waals surface area contributed by atoms with Crippen molar-refractivity contribution < 1.29 is 9.26 Å². The van der Waals surface area contributed by atoms with Gasteiger partial charge < -0.3 is 9.26 Å². The second kappa shape index (κ2) is 7.65. The minimum atomic E-state index is 0.0937. The van der Waals surface area contributed by atoms with E-state index in [9.17, 15) is 4.79 Å². The van der Waals surface area contributed by atoms with Gasteiger partial charge >= 0.3 is 0 Å². The standard InChI is InChI=1S/C20H23N3O3S2/c1-12-9-14(26-22-12)11-27-20-21-18-17(15-6-2-3-7-16(15)28-18)19(24)23(20)10-13-5-4-8-25-13/h9,13H,2-8,10-11H2,1H3/t13-/m1/s1. The van der Waals surface area contributed by atoms with E-state index in [1.54, 1.807) is 23.1 Å². The summed E-state index contributed by atoms with van der Waals surface area (Å²) in [5.74, 6) is 1.40. The van der Waals surface area contributed by atoms with Gasteiger partial charge in [-0.1, -0.05) is 16.9 Å². The van der Waals surface area contributed by atoms with E-state index in [0.717, 1.165) is 65.5 Å². The highest BCUT2D eigenvalue weighted by molar-refractivity contribution is 7.98. The topological polar surface area (TPSA) is 70.2 Å². The number of hydrogen-bond acceptors (Lipinski definition) is 7. The molecule has 1 aliphatic heterocycles.